The predicted octanol–water partition coefficient (Wildman–Crippen LogP) is 3.65. The summed E-state index contributed by atoms with van der Waals surface area (Å²) in [6.07, 6.45) is 0.626. The monoisotopic (exact) mass is 317 g/mol. The van der Waals surface area contributed by atoms with Gasteiger partial charge in [0.1, 0.15) is 17.6 Å². The zero-order valence-corrected chi connectivity index (χ0v) is 11.7. The van der Waals surface area contributed by atoms with Crippen LogP contribution in [0.2, 0.25) is 0 Å². The van der Waals surface area contributed by atoms with Crippen LogP contribution < -0.4 is 4.74 Å². The molecule has 0 aliphatic carbocycles. The topological polar surface area (TPSA) is 53.2 Å². The third-order valence-corrected chi connectivity index (χ3v) is 3.11. The molecule has 96 valence electrons. The maximum atomic E-state index is 9.03. The Morgan fingerprint density at radius 2 is 1.89 bits per heavy atom. The summed E-state index contributed by atoms with van der Waals surface area (Å²) in [6.45, 7) is 0.129. The second kappa shape index (κ2) is 6.37. The molecule has 19 heavy (non-hydrogen) atoms. The lowest BCUT2D eigenvalue weighted by Gasteiger charge is -2.08. The third-order valence-electron chi connectivity index (χ3n) is 2.62. The van der Waals surface area contributed by atoms with Gasteiger partial charge in [0, 0.05) is 11.1 Å². The van der Waals surface area contributed by atoms with Crippen molar-refractivity contribution < 1.29 is 9.84 Å². The number of halogens is 1. The van der Waals surface area contributed by atoms with Crippen molar-refractivity contribution in [3.05, 3.63) is 58.1 Å². The molecule has 2 rings (SSSR count). The molecular formula is C15H12BrNO2. The first-order chi connectivity index (χ1) is 9.22. The Morgan fingerprint density at radius 3 is 2.53 bits per heavy atom. The van der Waals surface area contributed by atoms with Gasteiger partial charge in [-0.1, -0.05) is 28.1 Å². The van der Waals surface area contributed by atoms with Crippen LogP contribution in [0.3, 0.4) is 0 Å². The van der Waals surface area contributed by atoms with E-state index in [0.29, 0.717) is 23.5 Å². The van der Waals surface area contributed by atoms with E-state index in [2.05, 4.69) is 22.0 Å². The van der Waals surface area contributed by atoms with Gasteiger partial charge in [0.05, 0.1) is 5.56 Å². The SMILES string of the molecule is N#Cc1ccc(Br)cc1Oc1ccc(CCO)cc1. The fraction of sp³-hybridized carbons (Fsp3) is 0.133. The molecule has 0 amide bonds. The number of ether oxygens (including phenoxy) is 1. The van der Waals surface area contributed by atoms with Crippen molar-refractivity contribution in [3.63, 3.8) is 0 Å². The number of aliphatic hydroxyl groups is 1. The molecule has 4 heteroatoms. The van der Waals surface area contributed by atoms with E-state index in [1.807, 2.05) is 24.3 Å². The average molecular weight is 318 g/mol. The molecule has 0 unspecified atom stereocenters. The van der Waals surface area contributed by atoms with Crippen LogP contribution in [0, 0.1) is 11.3 Å². The van der Waals surface area contributed by atoms with Gasteiger partial charge in [-0.3, -0.25) is 0 Å². The van der Waals surface area contributed by atoms with E-state index in [1.54, 1.807) is 18.2 Å². The summed E-state index contributed by atoms with van der Waals surface area (Å²) in [7, 11) is 0. The van der Waals surface area contributed by atoms with Crippen LogP contribution in [-0.4, -0.2) is 11.7 Å². The zero-order chi connectivity index (χ0) is 13.7. The maximum Gasteiger partial charge on any atom is 0.146 e. The standard InChI is InChI=1S/C15H12BrNO2/c16-13-4-3-12(10-17)15(9-13)19-14-5-1-11(2-6-14)7-8-18/h1-6,9,18H,7-8H2. The molecule has 2 aromatic rings. The summed E-state index contributed by atoms with van der Waals surface area (Å²) < 4.78 is 6.56. The molecule has 0 atom stereocenters. The van der Waals surface area contributed by atoms with Gasteiger partial charge in [0.2, 0.25) is 0 Å². The fourth-order valence-electron chi connectivity index (χ4n) is 1.65. The molecular weight excluding hydrogens is 306 g/mol. The summed E-state index contributed by atoms with van der Waals surface area (Å²) >= 11 is 3.35. The molecule has 0 aromatic heterocycles. The van der Waals surface area contributed by atoms with E-state index in [-0.39, 0.29) is 6.61 Å². The van der Waals surface area contributed by atoms with E-state index in [9.17, 15) is 0 Å². The minimum absolute atomic E-state index is 0.129. The molecule has 0 aliphatic heterocycles. The normalized spacial score (nSPS) is 9.95. The highest BCUT2D eigenvalue weighted by molar-refractivity contribution is 9.10. The fourth-order valence-corrected chi connectivity index (χ4v) is 1.99. The van der Waals surface area contributed by atoms with Gasteiger partial charge in [0.25, 0.3) is 0 Å². The Bertz CT molecular complexity index is 603. The zero-order valence-electron chi connectivity index (χ0n) is 10.1. The van der Waals surface area contributed by atoms with Crippen LogP contribution >= 0.6 is 15.9 Å². The highest BCUT2D eigenvalue weighted by Gasteiger charge is 2.05. The first kappa shape index (κ1) is 13.6. The van der Waals surface area contributed by atoms with Gasteiger partial charge in [-0.05, 0) is 42.3 Å². The van der Waals surface area contributed by atoms with Crippen LogP contribution in [0.15, 0.2) is 46.9 Å². The van der Waals surface area contributed by atoms with Gasteiger partial charge >= 0.3 is 0 Å². The molecule has 0 aliphatic rings. The smallest absolute Gasteiger partial charge is 0.146 e. The Hall–Kier alpha value is -1.83. The van der Waals surface area contributed by atoms with Crippen molar-refractivity contribution in [1.29, 1.82) is 5.26 Å². The predicted molar refractivity (Wildman–Crippen MR) is 76.2 cm³/mol. The summed E-state index contributed by atoms with van der Waals surface area (Å²) in [6, 6.07) is 14.8. The summed E-state index contributed by atoms with van der Waals surface area (Å²) in [5.74, 6) is 1.18. The first-order valence-corrected chi connectivity index (χ1v) is 6.59. The summed E-state index contributed by atoms with van der Waals surface area (Å²) in [5, 5.41) is 17.9. The van der Waals surface area contributed by atoms with Crippen molar-refractivity contribution in [2.24, 2.45) is 0 Å². The molecule has 0 spiro atoms. The lowest BCUT2D eigenvalue weighted by Crippen LogP contribution is -1.91. The quantitative estimate of drug-likeness (QED) is 0.936. The number of rotatable bonds is 4. The Balaban J connectivity index is 2.21. The van der Waals surface area contributed by atoms with Crippen molar-refractivity contribution in [3.8, 4) is 17.6 Å². The molecule has 0 saturated heterocycles. The lowest BCUT2D eigenvalue weighted by atomic mass is 10.1. The minimum Gasteiger partial charge on any atom is -0.456 e. The molecule has 2 aromatic carbocycles. The van der Waals surface area contributed by atoms with Crippen LogP contribution in [0.5, 0.6) is 11.5 Å². The Labute approximate surface area is 120 Å². The molecule has 0 saturated carbocycles. The van der Waals surface area contributed by atoms with Gasteiger partial charge in [-0.15, -0.1) is 0 Å². The highest BCUT2D eigenvalue weighted by atomic mass is 79.9. The largest absolute Gasteiger partial charge is 0.456 e. The lowest BCUT2D eigenvalue weighted by molar-refractivity contribution is 0.299. The first-order valence-electron chi connectivity index (χ1n) is 5.80. The van der Waals surface area contributed by atoms with Gasteiger partial charge in [-0.25, -0.2) is 0 Å². The second-order valence-corrected chi connectivity index (χ2v) is 4.89. The van der Waals surface area contributed by atoms with E-state index in [4.69, 9.17) is 15.1 Å². The summed E-state index contributed by atoms with van der Waals surface area (Å²) in [5.41, 5.74) is 1.53. The van der Waals surface area contributed by atoms with E-state index in [0.717, 1.165) is 10.0 Å². The maximum absolute atomic E-state index is 9.03. The van der Waals surface area contributed by atoms with E-state index in [1.165, 1.54) is 0 Å². The molecule has 1 N–H and O–H groups in total. The number of nitrogens with zero attached hydrogens (tertiary/aromatic N) is 1. The third kappa shape index (κ3) is 3.57. The summed E-state index contributed by atoms with van der Waals surface area (Å²) in [4.78, 5) is 0. The average Bonchev–Trinajstić information content (AvgIpc) is 2.42. The minimum atomic E-state index is 0.129. The Kier molecular flexibility index (Phi) is 4.56. The molecule has 0 heterocycles. The molecule has 0 fully saturated rings. The van der Waals surface area contributed by atoms with Crippen molar-refractivity contribution >= 4 is 15.9 Å². The number of nitriles is 1. The van der Waals surface area contributed by atoms with Crippen LogP contribution in [0.4, 0.5) is 0 Å². The van der Waals surface area contributed by atoms with Crippen molar-refractivity contribution in [2.45, 2.75) is 6.42 Å². The van der Waals surface area contributed by atoms with Crippen molar-refractivity contribution in [1.82, 2.24) is 0 Å². The number of benzene rings is 2. The van der Waals surface area contributed by atoms with E-state index >= 15 is 0 Å². The second-order valence-electron chi connectivity index (χ2n) is 3.97. The number of hydrogen-bond donors (Lipinski definition) is 1. The highest BCUT2D eigenvalue weighted by Crippen LogP contribution is 2.28. The van der Waals surface area contributed by atoms with Gasteiger partial charge in [-0.2, -0.15) is 5.26 Å². The number of aliphatic hydroxyl groups excluding tert-OH is 1. The molecule has 0 radical (unpaired) electrons. The molecule has 3 nitrogen and oxygen atoms in total. The van der Waals surface area contributed by atoms with Gasteiger partial charge in [0.15, 0.2) is 0 Å². The molecule has 0 bridgehead atoms. The van der Waals surface area contributed by atoms with E-state index < -0.39 is 0 Å². The van der Waals surface area contributed by atoms with Crippen LogP contribution in [0.1, 0.15) is 11.1 Å². The number of hydrogen-bond acceptors (Lipinski definition) is 3. The van der Waals surface area contributed by atoms with Gasteiger partial charge < -0.3 is 9.84 Å². The van der Waals surface area contributed by atoms with Crippen LogP contribution in [0.25, 0.3) is 0 Å². The van der Waals surface area contributed by atoms with Crippen molar-refractivity contribution in [2.75, 3.05) is 6.61 Å². The van der Waals surface area contributed by atoms with Crippen LogP contribution in [-0.2, 0) is 6.42 Å². The Morgan fingerprint density at radius 1 is 1.16 bits per heavy atom.